The van der Waals surface area contributed by atoms with E-state index in [4.69, 9.17) is 0 Å². The highest BCUT2D eigenvalue weighted by Crippen LogP contribution is 2.20. The van der Waals surface area contributed by atoms with Crippen molar-refractivity contribution in [2.75, 3.05) is 18.1 Å². The fraction of sp³-hybridized carbons (Fsp3) is 0.267. The number of pyridine rings is 1. The van der Waals surface area contributed by atoms with Crippen LogP contribution in [0.3, 0.4) is 0 Å². The lowest BCUT2D eigenvalue weighted by Gasteiger charge is -2.14. The molecule has 0 saturated carbocycles. The lowest BCUT2D eigenvalue weighted by atomic mass is 10.1. The molecule has 5 nitrogen and oxygen atoms in total. The highest BCUT2D eigenvalue weighted by Gasteiger charge is 2.15. The largest absolute Gasteiger partial charge is 0.387 e. The summed E-state index contributed by atoms with van der Waals surface area (Å²) in [6, 6.07) is 10.6. The molecule has 1 aromatic heterocycles. The lowest BCUT2D eigenvalue weighted by molar-refractivity contribution is 0.191. The number of aromatic nitrogens is 1. The first-order chi connectivity index (χ1) is 9.88. The van der Waals surface area contributed by atoms with E-state index in [1.54, 1.807) is 6.07 Å². The van der Waals surface area contributed by atoms with Gasteiger partial charge in [0.2, 0.25) is 0 Å². The summed E-state index contributed by atoms with van der Waals surface area (Å²) in [7, 11) is -3.36. The van der Waals surface area contributed by atoms with Gasteiger partial charge < -0.3 is 10.4 Å². The number of anilines is 1. The number of hydrogen-bond donors (Lipinski definition) is 2. The highest BCUT2D eigenvalue weighted by atomic mass is 32.2. The second-order valence-electron chi connectivity index (χ2n) is 4.93. The van der Waals surface area contributed by atoms with Gasteiger partial charge in [0.1, 0.15) is 10.7 Å². The molecular formula is C15H18N2O3S. The molecule has 1 aromatic carbocycles. The zero-order valence-corrected chi connectivity index (χ0v) is 12.8. The second-order valence-corrected chi connectivity index (χ2v) is 6.91. The van der Waals surface area contributed by atoms with Gasteiger partial charge in [-0.1, -0.05) is 29.8 Å². The predicted molar refractivity (Wildman–Crippen MR) is 82.0 cm³/mol. The molecule has 0 aliphatic rings. The minimum atomic E-state index is -3.36. The Balaban J connectivity index is 2.12. The van der Waals surface area contributed by atoms with Crippen LogP contribution in [0.1, 0.15) is 17.2 Å². The van der Waals surface area contributed by atoms with E-state index in [9.17, 15) is 13.5 Å². The average Bonchev–Trinajstić information content (AvgIpc) is 2.45. The molecule has 0 amide bonds. The highest BCUT2D eigenvalue weighted by molar-refractivity contribution is 7.90. The number of sulfone groups is 1. The van der Waals surface area contributed by atoms with Crippen molar-refractivity contribution in [3.8, 4) is 0 Å². The Morgan fingerprint density at radius 2 is 1.90 bits per heavy atom. The van der Waals surface area contributed by atoms with Crippen LogP contribution >= 0.6 is 0 Å². The van der Waals surface area contributed by atoms with E-state index >= 15 is 0 Å². The second kappa shape index (κ2) is 6.24. The van der Waals surface area contributed by atoms with E-state index < -0.39 is 15.9 Å². The quantitative estimate of drug-likeness (QED) is 0.882. The Hall–Kier alpha value is -1.92. The maximum atomic E-state index is 11.7. The maximum Gasteiger partial charge on any atom is 0.179 e. The van der Waals surface area contributed by atoms with Gasteiger partial charge in [0, 0.05) is 19.0 Å². The summed E-state index contributed by atoms with van der Waals surface area (Å²) in [5.74, 6) is 0.256. The third kappa shape index (κ3) is 4.03. The summed E-state index contributed by atoms with van der Waals surface area (Å²) in [6.45, 7) is 2.16. The van der Waals surface area contributed by atoms with Crippen molar-refractivity contribution in [3.63, 3.8) is 0 Å². The molecule has 1 heterocycles. The molecule has 0 fully saturated rings. The molecule has 1 unspecified atom stereocenters. The normalized spacial score (nSPS) is 12.9. The summed E-state index contributed by atoms with van der Waals surface area (Å²) in [5.41, 5.74) is 1.88. The van der Waals surface area contributed by atoms with E-state index in [2.05, 4.69) is 10.3 Å². The summed E-state index contributed by atoms with van der Waals surface area (Å²) in [6.07, 6.45) is 1.90. The molecule has 2 N–H and O–H groups in total. The molecule has 6 heteroatoms. The molecule has 2 rings (SSSR count). The van der Waals surface area contributed by atoms with Crippen LogP contribution in [0.25, 0.3) is 0 Å². The van der Waals surface area contributed by atoms with Gasteiger partial charge in [-0.15, -0.1) is 0 Å². The smallest absolute Gasteiger partial charge is 0.179 e. The van der Waals surface area contributed by atoms with Crippen molar-refractivity contribution in [1.29, 1.82) is 0 Å². The van der Waals surface area contributed by atoms with Gasteiger partial charge in [-0.3, -0.25) is 0 Å². The van der Waals surface area contributed by atoms with Crippen LogP contribution in [0.15, 0.2) is 47.5 Å². The molecule has 112 valence electrons. The van der Waals surface area contributed by atoms with Crippen molar-refractivity contribution in [2.45, 2.75) is 17.9 Å². The Labute approximate surface area is 124 Å². The summed E-state index contributed by atoms with van der Waals surface area (Å²) in [4.78, 5) is 4.15. The van der Waals surface area contributed by atoms with Gasteiger partial charge in [0.25, 0.3) is 0 Å². The van der Waals surface area contributed by atoms with Crippen LogP contribution in [-0.4, -0.2) is 31.3 Å². The number of rotatable bonds is 5. The fourth-order valence-corrected chi connectivity index (χ4v) is 2.72. The number of aliphatic hydroxyl groups excluding tert-OH is 1. The topological polar surface area (TPSA) is 79.3 Å². The van der Waals surface area contributed by atoms with E-state index in [1.807, 2.05) is 31.2 Å². The minimum Gasteiger partial charge on any atom is -0.387 e. The first kappa shape index (κ1) is 15.5. The molecule has 0 spiro atoms. The Morgan fingerprint density at radius 3 is 2.52 bits per heavy atom. The van der Waals surface area contributed by atoms with Crippen LogP contribution in [0.4, 0.5) is 5.82 Å². The fourth-order valence-electron chi connectivity index (χ4n) is 1.92. The molecule has 2 aromatic rings. The number of hydrogen-bond acceptors (Lipinski definition) is 5. The molecule has 0 bridgehead atoms. The van der Waals surface area contributed by atoms with Crippen molar-refractivity contribution in [3.05, 3.63) is 53.7 Å². The first-order valence-electron chi connectivity index (χ1n) is 6.51. The molecule has 0 saturated heterocycles. The van der Waals surface area contributed by atoms with Gasteiger partial charge in [-0.05, 0) is 24.6 Å². The summed E-state index contributed by atoms with van der Waals surface area (Å²) in [5, 5.41) is 13.0. The van der Waals surface area contributed by atoms with Gasteiger partial charge in [0.05, 0.1) is 6.10 Å². The van der Waals surface area contributed by atoms with Crippen LogP contribution in [-0.2, 0) is 9.84 Å². The van der Waals surface area contributed by atoms with E-state index in [0.29, 0.717) is 0 Å². The molecule has 0 aliphatic heterocycles. The molecule has 21 heavy (non-hydrogen) atoms. The van der Waals surface area contributed by atoms with Crippen LogP contribution < -0.4 is 5.32 Å². The SMILES string of the molecule is Cc1ccc(C(O)CNc2ncccc2S(C)(=O)=O)cc1. The predicted octanol–water partition coefficient (Wildman–Crippen LogP) is 1.94. The summed E-state index contributed by atoms with van der Waals surface area (Å²) >= 11 is 0. The minimum absolute atomic E-state index is 0.126. The summed E-state index contributed by atoms with van der Waals surface area (Å²) < 4.78 is 23.3. The number of aliphatic hydroxyl groups is 1. The Kier molecular flexibility index (Phi) is 4.59. The van der Waals surface area contributed by atoms with Crippen molar-refractivity contribution >= 4 is 15.7 Å². The number of nitrogens with zero attached hydrogens (tertiary/aromatic N) is 1. The third-order valence-corrected chi connectivity index (χ3v) is 4.22. The van der Waals surface area contributed by atoms with E-state index in [0.717, 1.165) is 17.4 Å². The lowest BCUT2D eigenvalue weighted by Crippen LogP contribution is -2.15. The first-order valence-corrected chi connectivity index (χ1v) is 8.40. The number of aryl methyl sites for hydroxylation is 1. The van der Waals surface area contributed by atoms with E-state index in [1.165, 1.54) is 12.3 Å². The Bertz CT molecular complexity index is 712. The van der Waals surface area contributed by atoms with Crippen LogP contribution in [0.2, 0.25) is 0 Å². The van der Waals surface area contributed by atoms with Gasteiger partial charge in [-0.25, -0.2) is 13.4 Å². The van der Waals surface area contributed by atoms with Crippen molar-refractivity contribution in [1.82, 2.24) is 4.98 Å². The van der Waals surface area contributed by atoms with E-state index in [-0.39, 0.29) is 17.3 Å². The molecular weight excluding hydrogens is 288 g/mol. The number of benzene rings is 1. The zero-order valence-electron chi connectivity index (χ0n) is 11.9. The van der Waals surface area contributed by atoms with Gasteiger partial charge >= 0.3 is 0 Å². The standard InChI is InChI=1S/C15H18N2O3S/c1-11-5-7-12(8-6-11)13(18)10-17-15-14(21(2,19)20)4-3-9-16-15/h3-9,13,18H,10H2,1-2H3,(H,16,17). The monoisotopic (exact) mass is 306 g/mol. The third-order valence-electron chi connectivity index (χ3n) is 3.10. The van der Waals surface area contributed by atoms with Crippen LogP contribution in [0, 0.1) is 6.92 Å². The molecule has 1 atom stereocenters. The average molecular weight is 306 g/mol. The maximum absolute atomic E-state index is 11.7. The molecule has 0 aliphatic carbocycles. The van der Waals surface area contributed by atoms with Crippen molar-refractivity contribution in [2.24, 2.45) is 0 Å². The Morgan fingerprint density at radius 1 is 1.24 bits per heavy atom. The number of nitrogens with one attached hydrogen (secondary N) is 1. The molecule has 0 radical (unpaired) electrons. The van der Waals surface area contributed by atoms with Gasteiger partial charge in [-0.2, -0.15) is 0 Å². The zero-order chi connectivity index (χ0) is 15.5. The van der Waals surface area contributed by atoms with Gasteiger partial charge in [0.15, 0.2) is 9.84 Å². The van der Waals surface area contributed by atoms with Crippen LogP contribution in [0.5, 0.6) is 0 Å². The van der Waals surface area contributed by atoms with Crippen molar-refractivity contribution < 1.29 is 13.5 Å².